The summed E-state index contributed by atoms with van der Waals surface area (Å²) in [6.45, 7) is 4.95. The third-order valence-corrected chi connectivity index (χ3v) is 13.7. The molecular weight excluding hydrogens is 779 g/mol. The Morgan fingerprint density at radius 1 is 0.381 bits per heavy atom. The standard InChI is InChI=1S/C57H113NO5/c1-3-5-7-9-11-13-15-17-19-21-23-25-29-33-37-41-45-49-55(60)54(53-59)58-56(61)50-46-42-38-34-30-27-28-32-36-40-44-48-52-63-57(62)51-47-43-39-35-31-26-24-22-20-18-16-14-12-10-8-6-4-2/h54-55,59-60H,3-53H2,1-2H3,(H,58,61). The van der Waals surface area contributed by atoms with Crippen molar-refractivity contribution in [3.63, 3.8) is 0 Å². The molecule has 0 heterocycles. The van der Waals surface area contributed by atoms with Crippen LogP contribution in [0.15, 0.2) is 0 Å². The van der Waals surface area contributed by atoms with Gasteiger partial charge in [-0.05, 0) is 25.7 Å². The monoisotopic (exact) mass is 892 g/mol. The fraction of sp³-hybridized carbons (Fsp3) is 0.965. The molecule has 0 aromatic carbocycles. The molecule has 0 rings (SSSR count). The Hall–Kier alpha value is -1.14. The first kappa shape index (κ1) is 61.9. The van der Waals surface area contributed by atoms with Crippen LogP contribution >= 0.6 is 0 Å². The third kappa shape index (κ3) is 50.1. The SMILES string of the molecule is CCCCCCCCCCCCCCCCCCCC(=O)OCCCCCCCCCCCCCCC(=O)NC(CO)C(O)CCCCCCCCCCCCCCCCCCC. The second-order valence-electron chi connectivity index (χ2n) is 20.0. The van der Waals surface area contributed by atoms with E-state index in [1.54, 1.807) is 0 Å². The summed E-state index contributed by atoms with van der Waals surface area (Å²) in [4.78, 5) is 24.6. The number of amides is 1. The van der Waals surface area contributed by atoms with E-state index >= 15 is 0 Å². The molecule has 0 bridgehead atoms. The second kappa shape index (κ2) is 53.5. The highest BCUT2D eigenvalue weighted by atomic mass is 16.5. The van der Waals surface area contributed by atoms with Crippen LogP contribution in [-0.2, 0) is 14.3 Å². The highest BCUT2D eigenvalue weighted by Gasteiger charge is 2.20. The molecule has 0 aromatic rings. The fourth-order valence-electron chi connectivity index (χ4n) is 9.23. The number of carbonyl (C=O) groups is 2. The first-order valence-corrected chi connectivity index (χ1v) is 28.8. The Labute approximate surface area is 394 Å². The molecule has 0 aliphatic carbocycles. The van der Waals surface area contributed by atoms with E-state index in [0.29, 0.717) is 25.9 Å². The number of unbranched alkanes of at least 4 members (excludes halogenated alkanes) is 43. The van der Waals surface area contributed by atoms with Crippen LogP contribution in [0.3, 0.4) is 0 Å². The number of aliphatic hydroxyl groups is 2. The van der Waals surface area contributed by atoms with Gasteiger partial charge in [0.25, 0.3) is 0 Å². The Balaban J connectivity index is 3.42. The molecule has 0 spiro atoms. The van der Waals surface area contributed by atoms with Crippen molar-refractivity contribution in [1.82, 2.24) is 5.32 Å². The molecule has 0 fully saturated rings. The lowest BCUT2D eigenvalue weighted by molar-refractivity contribution is -0.143. The number of hydrogen-bond acceptors (Lipinski definition) is 5. The normalized spacial score (nSPS) is 12.5. The maximum absolute atomic E-state index is 12.5. The summed E-state index contributed by atoms with van der Waals surface area (Å²) in [5.74, 6) is -0.0509. The van der Waals surface area contributed by atoms with E-state index in [0.717, 1.165) is 57.8 Å². The summed E-state index contributed by atoms with van der Waals surface area (Å²) >= 11 is 0. The van der Waals surface area contributed by atoms with Gasteiger partial charge in [0.15, 0.2) is 0 Å². The third-order valence-electron chi connectivity index (χ3n) is 13.7. The van der Waals surface area contributed by atoms with Crippen LogP contribution in [0.25, 0.3) is 0 Å². The maximum atomic E-state index is 12.5. The average molecular weight is 893 g/mol. The average Bonchev–Trinajstić information content (AvgIpc) is 3.28. The lowest BCUT2D eigenvalue weighted by Gasteiger charge is -2.22. The quantitative estimate of drug-likeness (QED) is 0.0418. The van der Waals surface area contributed by atoms with Crippen LogP contribution in [-0.4, -0.2) is 47.4 Å². The molecule has 2 atom stereocenters. The van der Waals surface area contributed by atoms with Gasteiger partial charge in [0.2, 0.25) is 5.91 Å². The van der Waals surface area contributed by atoms with Crippen molar-refractivity contribution in [3.8, 4) is 0 Å². The molecule has 6 nitrogen and oxygen atoms in total. The minimum Gasteiger partial charge on any atom is -0.466 e. The van der Waals surface area contributed by atoms with Gasteiger partial charge in [0, 0.05) is 12.8 Å². The van der Waals surface area contributed by atoms with Crippen LogP contribution in [0.2, 0.25) is 0 Å². The van der Waals surface area contributed by atoms with Crippen molar-refractivity contribution in [2.45, 2.75) is 341 Å². The second-order valence-corrected chi connectivity index (χ2v) is 20.0. The molecule has 1 amide bonds. The van der Waals surface area contributed by atoms with Crippen molar-refractivity contribution < 1.29 is 24.5 Å². The van der Waals surface area contributed by atoms with Crippen molar-refractivity contribution >= 4 is 11.9 Å². The van der Waals surface area contributed by atoms with Crippen LogP contribution < -0.4 is 5.32 Å². The molecule has 63 heavy (non-hydrogen) atoms. The minimum absolute atomic E-state index is 0.00410. The number of hydrogen-bond donors (Lipinski definition) is 3. The molecule has 0 radical (unpaired) electrons. The number of aliphatic hydroxyl groups excluding tert-OH is 2. The molecule has 0 saturated heterocycles. The van der Waals surface area contributed by atoms with Crippen LogP contribution in [0.5, 0.6) is 0 Å². The summed E-state index contributed by atoms with van der Waals surface area (Å²) in [6, 6.07) is -0.552. The van der Waals surface area contributed by atoms with E-state index in [4.69, 9.17) is 4.74 Å². The summed E-state index contributed by atoms with van der Waals surface area (Å²) in [5.41, 5.74) is 0. The number of carbonyl (C=O) groups excluding carboxylic acids is 2. The van der Waals surface area contributed by atoms with E-state index in [-0.39, 0.29) is 18.5 Å². The predicted molar refractivity (Wildman–Crippen MR) is 274 cm³/mol. The molecule has 3 N–H and O–H groups in total. The number of ether oxygens (including phenoxy) is 1. The largest absolute Gasteiger partial charge is 0.466 e. The van der Waals surface area contributed by atoms with E-state index in [1.165, 1.54) is 238 Å². The van der Waals surface area contributed by atoms with Gasteiger partial charge >= 0.3 is 5.97 Å². The summed E-state index contributed by atoms with van der Waals surface area (Å²) in [5, 5.41) is 23.3. The number of nitrogens with one attached hydrogen (secondary N) is 1. The predicted octanol–water partition coefficient (Wildman–Crippen LogP) is 17.5. The van der Waals surface area contributed by atoms with Crippen molar-refractivity contribution in [2.24, 2.45) is 0 Å². The van der Waals surface area contributed by atoms with Crippen molar-refractivity contribution in [2.75, 3.05) is 13.2 Å². The van der Waals surface area contributed by atoms with Crippen LogP contribution in [0, 0.1) is 0 Å². The molecule has 376 valence electrons. The zero-order valence-electron chi connectivity index (χ0n) is 42.8. The smallest absolute Gasteiger partial charge is 0.305 e. The van der Waals surface area contributed by atoms with Crippen molar-refractivity contribution in [3.05, 3.63) is 0 Å². The molecule has 0 saturated carbocycles. The molecule has 0 aliphatic heterocycles. The maximum Gasteiger partial charge on any atom is 0.305 e. The number of esters is 1. The Morgan fingerprint density at radius 3 is 0.968 bits per heavy atom. The van der Waals surface area contributed by atoms with Crippen LogP contribution in [0.4, 0.5) is 0 Å². The van der Waals surface area contributed by atoms with Gasteiger partial charge in [0.05, 0.1) is 25.4 Å². The summed E-state index contributed by atoms with van der Waals surface area (Å²) < 4.78 is 5.48. The molecule has 0 aromatic heterocycles. The van der Waals surface area contributed by atoms with Crippen LogP contribution in [0.1, 0.15) is 328 Å². The molecule has 2 unspecified atom stereocenters. The van der Waals surface area contributed by atoms with E-state index in [9.17, 15) is 19.8 Å². The molecule has 6 heteroatoms. The molecule has 0 aliphatic rings. The van der Waals surface area contributed by atoms with Crippen molar-refractivity contribution in [1.29, 1.82) is 0 Å². The summed E-state index contributed by atoms with van der Waals surface area (Å²) in [7, 11) is 0. The fourth-order valence-corrected chi connectivity index (χ4v) is 9.23. The van der Waals surface area contributed by atoms with Gasteiger partial charge in [-0.2, -0.15) is 0 Å². The number of rotatable bonds is 54. The molecular formula is C57H113NO5. The lowest BCUT2D eigenvalue weighted by Crippen LogP contribution is -2.45. The zero-order chi connectivity index (χ0) is 45.8. The Morgan fingerprint density at radius 2 is 0.651 bits per heavy atom. The highest BCUT2D eigenvalue weighted by Crippen LogP contribution is 2.18. The van der Waals surface area contributed by atoms with E-state index in [2.05, 4.69) is 19.2 Å². The first-order valence-electron chi connectivity index (χ1n) is 28.8. The first-order chi connectivity index (χ1) is 31.0. The Bertz CT molecular complexity index is 898. The topological polar surface area (TPSA) is 95.9 Å². The lowest BCUT2D eigenvalue weighted by atomic mass is 10.0. The Kier molecular flexibility index (Phi) is 52.5. The summed E-state index contributed by atoms with van der Waals surface area (Å²) in [6.07, 6.45) is 60.8. The van der Waals surface area contributed by atoms with Gasteiger partial charge < -0.3 is 20.3 Å². The highest BCUT2D eigenvalue weighted by molar-refractivity contribution is 5.76. The van der Waals surface area contributed by atoms with Gasteiger partial charge in [0.1, 0.15) is 0 Å². The van der Waals surface area contributed by atoms with E-state index in [1.807, 2.05) is 0 Å². The minimum atomic E-state index is -0.673. The van der Waals surface area contributed by atoms with Gasteiger partial charge in [-0.15, -0.1) is 0 Å². The van der Waals surface area contributed by atoms with E-state index < -0.39 is 12.1 Å². The van der Waals surface area contributed by atoms with Gasteiger partial charge in [-0.25, -0.2) is 0 Å². The zero-order valence-corrected chi connectivity index (χ0v) is 42.8. The van der Waals surface area contributed by atoms with Gasteiger partial charge in [-0.3, -0.25) is 9.59 Å². The van der Waals surface area contributed by atoms with Gasteiger partial charge in [-0.1, -0.05) is 290 Å².